The second-order valence-corrected chi connectivity index (χ2v) is 8.52. The number of hydrogen-bond acceptors (Lipinski definition) is 3. The molecule has 5 rings (SSSR count). The van der Waals surface area contributed by atoms with E-state index in [1.165, 1.54) is 16.6 Å². The lowest BCUT2D eigenvalue weighted by Gasteiger charge is -2.26. The number of rotatable bonds is 3. The Kier molecular flexibility index (Phi) is 4.25. The van der Waals surface area contributed by atoms with Crippen LogP contribution in [-0.2, 0) is 13.5 Å². The summed E-state index contributed by atoms with van der Waals surface area (Å²) < 4.78 is 16.8. The van der Waals surface area contributed by atoms with Crippen molar-refractivity contribution in [1.82, 2.24) is 19.4 Å². The topological polar surface area (TPSA) is 24.3 Å². The number of halogens is 1. The van der Waals surface area contributed by atoms with Crippen LogP contribution < -0.4 is 0 Å². The molecule has 2 unspecified atom stereocenters. The summed E-state index contributed by atoms with van der Waals surface area (Å²) >= 11 is 0. The lowest BCUT2D eigenvalue weighted by atomic mass is 9.95. The molecule has 0 N–H and O–H groups in total. The molecule has 0 spiro atoms. The van der Waals surface area contributed by atoms with Gasteiger partial charge in [-0.25, -0.2) is 4.39 Å². The van der Waals surface area contributed by atoms with Crippen LogP contribution in [0.3, 0.4) is 0 Å². The number of likely N-dealkylation sites (tertiary alicyclic amines) is 1. The summed E-state index contributed by atoms with van der Waals surface area (Å²) in [4.78, 5) is 9.52. The van der Waals surface area contributed by atoms with Crippen LogP contribution in [0, 0.1) is 5.82 Å². The van der Waals surface area contributed by atoms with Gasteiger partial charge in [-0.2, -0.15) is 0 Å². The molecule has 2 aromatic heterocycles. The van der Waals surface area contributed by atoms with Gasteiger partial charge in [0.25, 0.3) is 0 Å². The summed E-state index contributed by atoms with van der Waals surface area (Å²) in [6.07, 6.45) is 6.11. The minimum atomic E-state index is -0.0447. The van der Waals surface area contributed by atoms with Crippen molar-refractivity contribution in [2.24, 2.45) is 7.05 Å². The molecule has 1 fully saturated rings. The Hall–Kier alpha value is -2.24. The van der Waals surface area contributed by atoms with E-state index in [-0.39, 0.29) is 11.9 Å². The molecule has 146 valence electrons. The molecule has 3 heterocycles. The third-order valence-corrected chi connectivity index (χ3v) is 6.76. The van der Waals surface area contributed by atoms with Crippen LogP contribution in [0.5, 0.6) is 0 Å². The van der Waals surface area contributed by atoms with Gasteiger partial charge >= 0.3 is 0 Å². The minimum absolute atomic E-state index is 0.0447. The maximum absolute atomic E-state index is 14.6. The fourth-order valence-electron chi connectivity index (χ4n) is 5.39. The van der Waals surface area contributed by atoms with E-state index in [2.05, 4.69) is 53.8 Å². The summed E-state index contributed by atoms with van der Waals surface area (Å²) in [7, 11) is 6.40. The minimum Gasteiger partial charge on any atom is -0.349 e. The van der Waals surface area contributed by atoms with Crippen molar-refractivity contribution < 1.29 is 4.39 Å². The van der Waals surface area contributed by atoms with Crippen LogP contribution in [0.1, 0.15) is 35.1 Å². The van der Waals surface area contributed by atoms with E-state index >= 15 is 0 Å². The van der Waals surface area contributed by atoms with Crippen LogP contribution in [0.15, 0.2) is 42.7 Å². The monoisotopic (exact) mass is 378 g/mol. The molecular formula is C23H27FN4. The Morgan fingerprint density at radius 3 is 2.82 bits per heavy atom. The molecule has 5 heteroatoms. The Morgan fingerprint density at radius 1 is 1.14 bits per heavy atom. The molecule has 1 aliphatic heterocycles. The quantitative estimate of drug-likeness (QED) is 0.694. The molecule has 4 nitrogen and oxygen atoms in total. The average Bonchev–Trinajstić information content (AvgIpc) is 3.37. The Balaban J connectivity index is 1.52. The molecular weight excluding hydrogens is 351 g/mol. The second-order valence-electron chi connectivity index (χ2n) is 8.52. The van der Waals surface area contributed by atoms with E-state index in [4.69, 9.17) is 4.98 Å². The number of pyridine rings is 1. The number of hydrogen-bond donors (Lipinski definition) is 0. The number of likely N-dealkylation sites (N-methyl/N-ethyl adjacent to an activating group) is 1. The molecule has 1 aliphatic carbocycles. The van der Waals surface area contributed by atoms with Crippen molar-refractivity contribution in [2.75, 3.05) is 27.2 Å². The van der Waals surface area contributed by atoms with Crippen LogP contribution >= 0.6 is 0 Å². The van der Waals surface area contributed by atoms with Crippen molar-refractivity contribution >= 4 is 11.0 Å². The predicted octanol–water partition coefficient (Wildman–Crippen LogP) is 3.73. The van der Waals surface area contributed by atoms with Gasteiger partial charge < -0.3 is 9.47 Å². The maximum atomic E-state index is 14.6. The number of aromatic nitrogens is 2. The maximum Gasteiger partial charge on any atom is 0.128 e. The van der Waals surface area contributed by atoms with E-state index in [0.29, 0.717) is 12.0 Å². The largest absolute Gasteiger partial charge is 0.349 e. The molecule has 3 atom stereocenters. The summed E-state index contributed by atoms with van der Waals surface area (Å²) in [5, 5.41) is 0. The van der Waals surface area contributed by atoms with Gasteiger partial charge in [-0.05, 0) is 50.7 Å². The molecule has 1 saturated heterocycles. The summed E-state index contributed by atoms with van der Waals surface area (Å²) in [6, 6.07) is 10.2. The van der Waals surface area contributed by atoms with Gasteiger partial charge in [-0.15, -0.1) is 0 Å². The van der Waals surface area contributed by atoms with Crippen molar-refractivity contribution in [3.63, 3.8) is 0 Å². The number of aryl methyl sites for hydroxylation is 2. The molecule has 0 radical (unpaired) electrons. The zero-order valence-electron chi connectivity index (χ0n) is 16.8. The van der Waals surface area contributed by atoms with Gasteiger partial charge in [0.2, 0.25) is 0 Å². The third kappa shape index (κ3) is 2.68. The van der Waals surface area contributed by atoms with Gasteiger partial charge in [0, 0.05) is 61.7 Å². The van der Waals surface area contributed by atoms with Crippen LogP contribution in [-0.4, -0.2) is 52.6 Å². The average molecular weight is 378 g/mol. The fraction of sp³-hybridized carbons (Fsp3) is 0.435. The highest BCUT2D eigenvalue weighted by Gasteiger charge is 2.42. The van der Waals surface area contributed by atoms with Crippen LogP contribution in [0.4, 0.5) is 4.39 Å². The number of fused-ring (bicyclic) bond motifs is 2. The summed E-state index contributed by atoms with van der Waals surface area (Å²) in [5.41, 5.74) is 5.69. The van der Waals surface area contributed by atoms with Crippen molar-refractivity contribution in [3.05, 3.63) is 65.2 Å². The zero-order chi connectivity index (χ0) is 19.4. The van der Waals surface area contributed by atoms with Gasteiger partial charge in [-0.3, -0.25) is 9.88 Å². The molecule has 28 heavy (non-hydrogen) atoms. The van der Waals surface area contributed by atoms with Crippen molar-refractivity contribution in [3.8, 4) is 0 Å². The van der Waals surface area contributed by atoms with Crippen LogP contribution in [0.25, 0.3) is 11.0 Å². The van der Waals surface area contributed by atoms with E-state index < -0.39 is 0 Å². The lowest BCUT2D eigenvalue weighted by molar-refractivity contribution is 0.213. The summed E-state index contributed by atoms with van der Waals surface area (Å²) in [5.74, 6) is 0.320. The molecule has 2 aliphatic rings. The Bertz CT molecular complexity index is 1020. The molecule has 0 amide bonds. The van der Waals surface area contributed by atoms with E-state index in [1.807, 2.05) is 18.3 Å². The highest BCUT2D eigenvalue weighted by atomic mass is 19.1. The van der Waals surface area contributed by atoms with E-state index in [0.717, 1.165) is 37.0 Å². The predicted molar refractivity (Wildman–Crippen MR) is 110 cm³/mol. The lowest BCUT2D eigenvalue weighted by Crippen LogP contribution is -2.35. The van der Waals surface area contributed by atoms with Gasteiger partial charge in [0.15, 0.2) is 0 Å². The van der Waals surface area contributed by atoms with Gasteiger partial charge in [0.05, 0.1) is 11.0 Å². The molecule has 1 aromatic carbocycles. The molecule has 0 bridgehead atoms. The highest BCUT2D eigenvalue weighted by Crippen LogP contribution is 2.43. The zero-order valence-corrected chi connectivity index (χ0v) is 16.8. The SMILES string of the molecule is CN(C)C1CN([C@@H]2CCc3cccc(F)c32)CC1c1cn(C)c2cccnc12. The van der Waals surface area contributed by atoms with E-state index in [9.17, 15) is 4.39 Å². The third-order valence-electron chi connectivity index (χ3n) is 6.76. The first-order chi connectivity index (χ1) is 13.5. The molecule has 0 saturated carbocycles. The van der Waals surface area contributed by atoms with Gasteiger partial charge in [-0.1, -0.05) is 12.1 Å². The van der Waals surface area contributed by atoms with Crippen molar-refractivity contribution in [2.45, 2.75) is 30.8 Å². The first kappa shape index (κ1) is 17.8. The standard InChI is InChI=1S/C23H27FN4/c1-26(2)21-14-28(19-10-9-15-6-4-7-18(24)22(15)19)13-16(21)17-12-27(3)20-8-5-11-25-23(17)20/h4-8,11-12,16,19,21H,9-10,13-14H2,1-3H3/t16?,19-,21?/m1/s1. The summed E-state index contributed by atoms with van der Waals surface area (Å²) in [6.45, 7) is 1.90. The second kappa shape index (κ2) is 6.68. The van der Waals surface area contributed by atoms with Crippen molar-refractivity contribution in [1.29, 1.82) is 0 Å². The smallest absolute Gasteiger partial charge is 0.128 e. The van der Waals surface area contributed by atoms with Crippen LogP contribution in [0.2, 0.25) is 0 Å². The van der Waals surface area contributed by atoms with E-state index in [1.54, 1.807) is 6.07 Å². The number of benzene rings is 1. The molecule has 3 aromatic rings. The Labute approximate surface area is 165 Å². The fourth-order valence-corrected chi connectivity index (χ4v) is 5.39. The first-order valence-corrected chi connectivity index (χ1v) is 10.1. The van der Waals surface area contributed by atoms with Gasteiger partial charge in [0.1, 0.15) is 5.82 Å². The Morgan fingerprint density at radius 2 is 2.00 bits per heavy atom. The highest BCUT2D eigenvalue weighted by molar-refractivity contribution is 5.80. The normalized spacial score (nSPS) is 25.1. The first-order valence-electron chi connectivity index (χ1n) is 10.1. The number of nitrogens with zero attached hydrogens (tertiary/aromatic N) is 4.